The molecule has 0 saturated heterocycles. The number of nitrogens with one attached hydrogen (secondary N) is 2. The van der Waals surface area contributed by atoms with E-state index in [4.69, 9.17) is 0 Å². The lowest BCUT2D eigenvalue weighted by atomic mass is 9.87. The summed E-state index contributed by atoms with van der Waals surface area (Å²) in [6.07, 6.45) is 0. The minimum Gasteiger partial charge on any atom is -0.325 e. The number of hydrogen-bond donors (Lipinski definition) is 2. The number of carbonyl (C=O) groups excluding carboxylic acids is 1. The van der Waals surface area contributed by atoms with Gasteiger partial charge in [-0.2, -0.15) is 0 Å². The van der Waals surface area contributed by atoms with E-state index in [0.717, 1.165) is 11.1 Å². The number of benzene rings is 2. The van der Waals surface area contributed by atoms with Gasteiger partial charge in [0, 0.05) is 5.69 Å². The molecule has 0 heterocycles. The lowest BCUT2D eigenvalue weighted by Gasteiger charge is -2.19. The van der Waals surface area contributed by atoms with Crippen molar-refractivity contribution in [2.45, 2.75) is 50.8 Å². The summed E-state index contributed by atoms with van der Waals surface area (Å²) in [5.74, 6) is -0.0916. The van der Waals surface area contributed by atoms with Gasteiger partial charge in [0.15, 0.2) is 0 Å². The first-order chi connectivity index (χ1) is 12.5. The van der Waals surface area contributed by atoms with Crippen molar-refractivity contribution in [2.24, 2.45) is 0 Å². The second-order valence-electron chi connectivity index (χ2n) is 7.92. The highest BCUT2D eigenvalue weighted by Gasteiger charge is 2.16. The number of sulfonamides is 1. The number of rotatable bonds is 6. The predicted molar refractivity (Wildman–Crippen MR) is 109 cm³/mol. The van der Waals surface area contributed by atoms with Crippen molar-refractivity contribution in [2.75, 3.05) is 11.9 Å². The standard InChI is InChI=1S/C21H28N2O3S/c1-15(2)16-6-12-19(13-7-16)27(25,26)22-14-20(24)23-18-10-8-17(9-11-18)21(3,4)5/h6-13,15,22H,14H2,1-5H3,(H,23,24). The first-order valence-corrected chi connectivity index (χ1v) is 10.5. The molecule has 6 heteroatoms. The number of anilines is 1. The number of carbonyl (C=O) groups is 1. The molecule has 2 aromatic rings. The zero-order valence-electron chi connectivity index (χ0n) is 16.5. The van der Waals surface area contributed by atoms with Crippen molar-refractivity contribution in [3.8, 4) is 0 Å². The molecule has 2 rings (SSSR count). The van der Waals surface area contributed by atoms with Crippen LogP contribution in [0.15, 0.2) is 53.4 Å². The summed E-state index contributed by atoms with van der Waals surface area (Å²) < 4.78 is 27.0. The topological polar surface area (TPSA) is 75.3 Å². The lowest BCUT2D eigenvalue weighted by Crippen LogP contribution is -2.32. The van der Waals surface area contributed by atoms with Gasteiger partial charge in [-0.05, 0) is 46.7 Å². The summed E-state index contributed by atoms with van der Waals surface area (Å²) in [7, 11) is -3.73. The average molecular weight is 389 g/mol. The smallest absolute Gasteiger partial charge is 0.241 e. The zero-order chi connectivity index (χ0) is 20.2. The van der Waals surface area contributed by atoms with Crippen LogP contribution >= 0.6 is 0 Å². The molecular formula is C21H28N2O3S. The fraction of sp³-hybridized carbons (Fsp3) is 0.381. The van der Waals surface area contributed by atoms with Crippen molar-refractivity contribution in [1.29, 1.82) is 0 Å². The van der Waals surface area contributed by atoms with Crippen LogP contribution in [0.3, 0.4) is 0 Å². The van der Waals surface area contributed by atoms with Crippen molar-refractivity contribution < 1.29 is 13.2 Å². The van der Waals surface area contributed by atoms with E-state index in [2.05, 4.69) is 30.8 Å². The first kappa shape index (κ1) is 21.1. The fourth-order valence-electron chi connectivity index (χ4n) is 2.53. The summed E-state index contributed by atoms with van der Waals surface area (Å²) in [4.78, 5) is 12.2. The molecule has 0 atom stereocenters. The number of amides is 1. The van der Waals surface area contributed by atoms with Crippen LogP contribution in [-0.2, 0) is 20.2 Å². The van der Waals surface area contributed by atoms with Crippen LogP contribution in [0.4, 0.5) is 5.69 Å². The van der Waals surface area contributed by atoms with Crippen LogP contribution in [-0.4, -0.2) is 20.9 Å². The molecule has 5 nitrogen and oxygen atoms in total. The summed E-state index contributed by atoms with van der Waals surface area (Å²) in [6, 6.07) is 14.2. The average Bonchev–Trinajstić information content (AvgIpc) is 2.60. The first-order valence-electron chi connectivity index (χ1n) is 8.99. The molecule has 0 aliphatic heterocycles. The van der Waals surface area contributed by atoms with Gasteiger partial charge in [0.25, 0.3) is 0 Å². The van der Waals surface area contributed by atoms with Gasteiger partial charge in [0.05, 0.1) is 11.4 Å². The van der Waals surface area contributed by atoms with E-state index in [1.54, 1.807) is 24.3 Å². The van der Waals surface area contributed by atoms with Gasteiger partial charge in [0.1, 0.15) is 0 Å². The summed E-state index contributed by atoms with van der Waals surface area (Å²) in [5.41, 5.74) is 2.88. The minimum absolute atomic E-state index is 0.0310. The Hall–Kier alpha value is -2.18. The Morgan fingerprint density at radius 1 is 0.963 bits per heavy atom. The summed E-state index contributed by atoms with van der Waals surface area (Å²) >= 11 is 0. The molecule has 0 unspecified atom stereocenters. The quantitative estimate of drug-likeness (QED) is 0.785. The molecule has 2 N–H and O–H groups in total. The van der Waals surface area contributed by atoms with E-state index in [1.807, 2.05) is 38.1 Å². The fourth-order valence-corrected chi connectivity index (χ4v) is 3.52. The highest BCUT2D eigenvalue weighted by molar-refractivity contribution is 7.89. The van der Waals surface area contributed by atoms with Gasteiger partial charge < -0.3 is 5.32 Å². The molecule has 27 heavy (non-hydrogen) atoms. The molecule has 0 saturated carbocycles. The van der Waals surface area contributed by atoms with Crippen LogP contribution in [0.5, 0.6) is 0 Å². The largest absolute Gasteiger partial charge is 0.325 e. The van der Waals surface area contributed by atoms with E-state index < -0.39 is 15.9 Å². The van der Waals surface area contributed by atoms with Crippen LogP contribution in [0, 0.1) is 0 Å². The Morgan fingerprint density at radius 3 is 2.00 bits per heavy atom. The predicted octanol–water partition coefficient (Wildman–Crippen LogP) is 4.02. The highest BCUT2D eigenvalue weighted by Crippen LogP contribution is 2.23. The molecule has 2 aromatic carbocycles. The third-order valence-electron chi connectivity index (χ3n) is 4.31. The van der Waals surface area contributed by atoms with Gasteiger partial charge in [-0.1, -0.05) is 58.9 Å². The highest BCUT2D eigenvalue weighted by atomic mass is 32.2. The van der Waals surface area contributed by atoms with E-state index in [1.165, 1.54) is 0 Å². The van der Waals surface area contributed by atoms with Crippen LogP contribution < -0.4 is 10.0 Å². The second kappa shape index (κ2) is 8.23. The van der Waals surface area contributed by atoms with Gasteiger partial charge >= 0.3 is 0 Å². The Morgan fingerprint density at radius 2 is 1.52 bits per heavy atom. The third kappa shape index (κ3) is 5.91. The molecule has 0 radical (unpaired) electrons. The summed E-state index contributed by atoms with van der Waals surface area (Å²) in [5, 5.41) is 2.70. The Labute approximate surface area is 162 Å². The Kier molecular flexibility index (Phi) is 6.44. The van der Waals surface area contributed by atoms with E-state index >= 15 is 0 Å². The minimum atomic E-state index is -3.73. The zero-order valence-corrected chi connectivity index (χ0v) is 17.4. The van der Waals surface area contributed by atoms with Gasteiger partial charge in [-0.3, -0.25) is 4.79 Å². The maximum atomic E-state index is 12.3. The maximum Gasteiger partial charge on any atom is 0.241 e. The molecule has 0 aromatic heterocycles. The monoisotopic (exact) mass is 388 g/mol. The SMILES string of the molecule is CC(C)c1ccc(S(=O)(=O)NCC(=O)Nc2ccc(C(C)(C)C)cc2)cc1. The normalized spacial score (nSPS) is 12.2. The van der Waals surface area contributed by atoms with Gasteiger partial charge in [-0.25, -0.2) is 13.1 Å². The van der Waals surface area contributed by atoms with Gasteiger partial charge in [0.2, 0.25) is 15.9 Å². The lowest BCUT2D eigenvalue weighted by molar-refractivity contribution is -0.115. The van der Waals surface area contributed by atoms with E-state index in [0.29, 0.717) is 11.6 Å². The number of hydrogen-bond acceptors (Lipinski definition) is 3. The maximum absolute atomic E-state index is 12.3. The molecule has 0 aliphatic rings. The van der Waals surface area contributed by atoms with E-state index in [9.17, 15) is 13.2 Å². The molecule has 0 aliphatic carbocycles. The molecule has 146 valence electrons. The van der Waals surface area contributed by atoms with Crippen molar-refractivity contribution in [3.05, 3.63) is 59.7 Å². The van der Waals surface area contributed by atoms with E-state index in [-0.39, 0.29) is 16.9 Å². The summed E-state index contributed by atoms with van der Waals surface area (Å²) in [6.45, 7) is 10.1. The van der Waals surface area contributed by atoms with Crippen LogP contribution in [0.2, 0.25) is 0 Å². The van der Waals surface area contributed by atoms with Gasteiger partial charge in [-0.15, -0.1) is 0 Å². The second-order valence-corrected chi connectivity index (χ2v) is 9.69. The van der Waals surface area contributed by atoms with Crippen LogP contribution in [0.25, 0.3) is 0 Å². The van der Waals surface area contributed by atoms with Crippen molar-refractivity contribution in [3.63, 3.8) is 0 Å². The molecule has 1 amide bonds. The molecular weight excluding hydrogens is 360 g/mol. The molecule has 0 bridgehead atoms. The Bertz CT molecular complexity index is 879. The molecule has 0 spiro atoms. The third-order valence-corrected chi connectivity index (χ3v) is 5.73. The van der Waals surface area contributed by atoms with Crippen LogP contribution in [0.1, 0.15) is 51.7 Å². The Balaban J connectivity index is 1.96. The molecule has 0 fully saturated rings. The van der Waals surface area contributed by atoms with Crippen molar-refractivity contribution in [1.82, 2.24) is 4.72 Å². The van der Waals surface area contributed by atoms with Crippen molar-refractivity contribution >= 4 is 21.6 Å².